The summed E-state index contributed by atoms with van der Waals surface area (Å²) in [5.74, 6) is 0.916. The molecule has 1 aliphatic rings. The highest BCUT2D eigenvalue weighted by molar-refractivity contribution is 5.87. The number of hydrogen-bond donors (Lipinski definition) is 2. The highest BCUT2D eigenvalue weighted by Gasteiger charge is 2.31. The predicted octanol–water partition coefficient (Wildman–Crippen LogP) is 2.83. The number of aryl methyl sites for hydroxylation is 1. The first kappa shape index (κ1) is 19.3. The van der Waals surface area contributed by atoms with E-state index in [2.05, 4.69) is 10.6 Å². The van der Waals surface area contributed by atoms with E-state index >= 15 is 0 Å². The van der Waals surface area contributed by atoms with E-state index in [0.717, 1.165) is 44.3 Å². The van der Waals surface area contributed by atoms with E-state index in [1.807, 2.05) is 31.2 Å². The second kappa shape index (κ2) is 9.44. The average molecular weight is 346 g/mol. The van der Waals surface area contributed by atoms with Gasteiger partial charge < -0.3 is 15.4 Å². The number of carbonyl (C=O) groups is 2. The highest BCUT2D eigenvalue weighted by atomic mass is 16.5. The summed E-state index contributed by atoms with van der Waals surface area (Å²) in [7, 11) is 1.66. The lowest BCUT2D eigenvalue weighted by atomic mass is 9.96. The van der Waals surface area contributed by atoms with Gasteiger partial charge in [0.25, 0.3) is 0 Å². The van der Waals surface area contributed by atoms with Crippen LogP contribution in [-0.2, 0) is 16.0 Å². The maximum absolute atomic E-state index is 12.6. The molecule has 1 aromatic carbocycles. The predicted molar refractivity (Wildman–Crippen MR) is 98.5 cm³/mol. The van der Waals surface area contributed by atoms with Crippen molar-refractivity contribution in [3.05, 3.63) is 29.8 Å². The SMILES string of the molecule is COc1ccc(CC[C@H](C)NC(=O)[C@@H](NC(C)=O)C2CCCC2)cc1. The second-order valence-electron chi connectivity index (χ2n) is 7.02. The van der Waals surface area contributed by atoms with Gasteiger partial charge in [-0.15, -0.1) is 0 Å². The topological polar surface area (TPSA) is 67.4 Å². The number of rotatable bonds is 8. The lowest BCUT2D eigenvalue weighted by Crippen LogP contribution is -2.51. The van der Waals surface area contributed by atoms with Crippen molar-refractivity contribution >= 4 is 11.8 Å². The molecule has 2 amide bonds. The van der Waals surface area contributed by atoms with Gasteiger partial charge in [-0.2, -0.15) is 0 Å². The molecule has 25 heavy (non-hydrogen) atoms. The molecule has 0 unspecified atom stereocenters. The second-order valence-corrected chi connectivity index (χ2v) is 7.02. The first-order chi connectivity index (χ1) is 12.0. The molecule has 2 N–H and O–H groups in total. The zero-order valence-electron chi connectivity index (χ0n) is 15.5. The van der Waals surface area contributed by atoms with Crippen LogP contribution in [0.3, 0.4) is 0 Å². The molecule has 0 bridgehead atoms. The van der Waals surface area contributed by atoms with Gasteiger partial charge in [0.15, 0.2) is 0 Å². The minimum Gasteiger partial charge on any atom is -0.497 e. The average Bonchev–Trinajstić information content (AvgIpc) is 3.12. The number of benzene rings is 1. The van der Waals surface area contributed by atoms with Gasteiger partial charge in [0, 0.05) is 13.0 Å². The van der Waals surface area contributed by atoms with Crippen LogP contribution < -0.4 is 15.4 Å². The zero-order chi connectivity index (χ0) is 18.2. The number of hydrogen-bond acceptors (Lipinski definition) is 3. The Balaban J connectivity index is 1.84. The largest absolute Gasteiger partial charge is 0.497 e. The molecule has 0 saturated heterocycles. The molecule has 2 atom stereocenters. The van der Waals surface area contributed by atoms with Gasteiger partial charge in [-0.25, -0.2) is 0 Å². The van der Waals surface area contributed by atoms with Gasteiger partial charge in [0.1, 0.15) is 11.8 Å². The van der Waals surface area contributed by atoms with E-state index in [1.165, 1.54) is 12.5 Å². The van der Waals surface area contributed by atoms with Crippen LogP contribution in [0.4, 0.5) is 0 Å². The first-order valence-corrected chi connectivity index (χ1v) is 9.20. The Morgan fingerprint density at radius 1 is 1.16 bits per heavy atom. The third-order valence-electron chi connectivity index (χ3n) is 4.93. The standard InChI is InChI=1S/C20H30N2O3/c1-14(8-9-16-10-12-18(25-3)13-11-16)21-20(24)19(22-15(2)23)17-6-4-5-7-17/h10-14,17,19H,4-9H2,1-3H3,(H,21,24)(H,22,23)/t14-,19-/m0/s1. The summed E-state index contributed by atoms with van der Waals surface area (Å²) in [5.41, 5.74) is 1.22. The minimum absolute atomic E-state index is 0.0515. The van der Waals surface area contributed by atoms with Gasteiger partial charge >= 0.3 is 0 Å². The molecule has 0 heterocycles. The van der Waals surface area contributed by atoms with Crippen molar-refractivity contribution in [2.24, 2.45) is 5.92 Å². The van der Waals surface area contributed by atoms with Crippen LogP contribution in [0.2, 0.25) is 0 Å². The molecule has 1 aliphatic carbocycles. The Hall–Kier alpha value is -2.04. The summed E-state index contributed by atoms with van der Waals surface area (Å²) in [6.07, 6.45) is 6.05. The Kier molecular flexibility index (Phi) is 7.29. The van der Waals surface area contributed by atoms with Gasteiger partial charge in [-0.3, -0.25) is 9.59 Å². The molecule has 1 aromatic rings. The smallest absolute Gasteiger partial charge is 0.243 e. The van der Waals surface area contributed by atoms with Crippen LogP contribution in [0.25, 0.3) is 0 Å². The molecule has 5 heteroatoms. The number of amides is 2. The summed E-state index contributed by atoms with van der Waals surface area (Å²) in [4.78, 5) is 24.1. The molecule has 0 aliphatic heterocycles. The van der Waals surface area contributed by atoms with Crippen LogP contribution in [0, 0.1) is 5.92 Å². The lowest BCUT2D eigenvalue weighted by molar-refractivity contribution is -0.129. The van der Waals surface area contributed by atoms with Crippen molar-refractivity contribution in [3.8, 4) is 5.75 Å². The fourth-order valence-electron chi connectivity index (χ4n) is 3.49. The van der Waals surface area contributed by atoms with Crippen molar-refractivity contribution < 1.29 is 14.3 Å². The monoisotopic (exact) mass is 346 g/mol. The molecule has 1 saturated carbocycles. The van der Waals surface area contributed by atoms with E-state index in [1.54, 1.807) is 7.11 Å². The fraction of sp³-hybridized carbons (Fsp3) is 0.600. The molecule has 0 radical (unpaired) electrons. The fourth-order valence-corrected chi connectivity index (χ4v) is 3.49. The normalized spacial score (nSPS) is 16.9. The van der Waals surface area contributed by atoms with Gasteiger partial charge in [0.2, 0.25) is 11.8 Å². The number of carbonyl (C=O) groups excluding carboxylic acids is 2. The molecular formula is C20H30N2O3. The molecule has 138 valence electrons. The van der Waals surface area contributed by atoms with Crippen LogP contribution in [-0.4, -0.2) is 31.0 Å². The number of nitrogens with one attached hydrogen (secondary N) is 2. The summed E-state index contributed by atoms with van der Waals surface area (Å²) >= 11 is 0. The first-order valence-electron chi connectivity index (χ1n) is 9.20. The Morgan fingerprint density at radius 2 is 1.80 bits per heavy atom. The molecule has 1 fully saturated rings. The van der Waals surface area contributed by atoms with E-state index in [0.29, 0.717) is 0 Å². The molecule has 0 spiro atoms. The quantitative estimate of drug-likeness (QED) is 0.760. The maximum Gasteiger partial charge on any atom is 0.243 e. The van der Waals surface area contributed by atoms with Gasteiger partial charge in [0.05, 0.1) is 7.11 Å². The summed E-state index contributed by atoms with van der Waals surface area (Å²) in [6.45, 7) is 3.49. The van der Waals surface area contributed by atoms with Crippen LogP contribution in [0.5, 0.6) is 5.75 Å². The van der Waals surface area contributed by atoms with E-state index in [4.69, 9.17) is 4.74 Å². The van der Waals surface area contributed by atoms with Crippen LogP contribution in [0.15, 0.2) is 24.3 Å². The third kappa shape index (κ3) is 6.07. The highest BCUT2D eigenvalue weighted by Crippen LogP contribution is 2.28. The van der Waals surface area contributed by atoms with E-state index in [9.17, 15) is 9.59 Å². The van der Waals surface area contributed by atoms with Gasteiger partial charge in [-0.05, 0) is 56.2 Å². The van der Waals surface area contributed by atoms with Crippen molar-refractivity contribution in [1.82, 2.24) is 10.6 Å². The Bertz CT molecular complexity index is 565. The van der Waals surface area contributed by atoms with Crippen molar-refractivity contribution in [2.75, 3.05) is 7.11 Å². The molecule has 2 rings (SSSR count). The third-order valence-corrected chi connectivity index (χ3v) is 4.93. The van der Waals surface area contributed by atoms with Crippen molar-refractivity contribution in [1.29, 1.82) is 0 Å². The summed E-state index contributed by atoms with van der Waals surface area (Å²) in [6, 6.07) is 7.66. The van der Waals surface area contributed by atoms with Gasteiger partial charge in [-0.1, -0.05) is 25.0 Å². The maximum atomic E-state index is 12.6. The van der Waals surface area contributed by atoms with Crippen molar-refractivity contribution in [2.45, 2.75) is 64.5 Å². The van der Waals surface area contributed by atoms with Crippen molar-refractivity contribution in [3.63, 3.8) is 0 Å². The van der Waals surface area contributed by atoms with E-state index < -0.39 is 6.04 Å². The lowest BCUT2D eigenvalue weighted by Gasteiger charge is -2.25. The number of ether oxygens (including phenoxy) is 1. The summed E-state index contributed by atoms with van der Waals surface area (Å²) < 4.78 is 5.16. The zero-order valence-corrected chi connectivity index (χ0v) is 15.5. The Labute approximate surface area is 150 Å². The molecule has 5 nitrogen and oxygen atoms in total. The van der Waals surface area contributed by atoms with Crippen LogP contribution in [0.1, 0.15) is 51.5 Å². The minimum atomic E-state index is -0.400. The molecule has 0 aromatic heterocycles. The number of methoxy groups -OCH3 is 1. The summed E-state index contributed by atoms with van der Waals surface area (Å²) in [5, 5.41) is 5.93. The van der Waals surface area contributed by atoms with Crippen LogP contribution >= 0.6 is 0 Å². The Morgan fingerprint density at radius 3 is 2.36 bits per heavy atom. The van der Waals surface area contributed by atoms with E-state index in [-0.39, 0.29) is 23.8 Å². The molecular weight excluding hydrogens is 316 g/mol.